The van der Waals surface area contributed by atoms with Crippen LogP contribution in [-0.2, 0) is 4.79 Å². The molecule has 17 heavy (non-hydrogen) atoms. The summed E-state index contributed by atoms with van der Waals surface area (Å²) in [4.78, 5) is 13.3. The molecule has 3 nitrogen and oxygen atoms in total. The molecule has 0 radical (unpaired) electrons. The van der Waals surface area contributed by atoms with Gasteiger partial charge < -0.3 is 5.11 Å². The largest absolute Gasteiger partial charge is 0.481 e. The predicted octanol–water partition coefficient (Wildman–Crippen LogP) is 2.75. The lowest BCUT2D eigenvalue weighted by molar-refractivity contribution is -0.138. The molecule has 98 valence electrons. The molecule has 1 aliphatic carbocycles. The molecule has 0 aromatic heterocycles. The fraction of sp³-hybridized carbons (Fsp3) is 0.929. The Hall–Kier alpha value is -0.570. The van der Waals surface area contributed by atoms with Crippen LogP contribution in [-0.4, -0.2) is 35.1 Å². The van der Waals surface area contributed by atoms with Crippen molar-refractivity contribution < 1.29 is 9.90 Å². The molecule has 0 aromatic rings. The number of carboxylic acid groups (broad SMARTS) is 1. The number of nitrogens with zero attached hydrogens (tertiary/aromatic N) is 1. The van der Waals surface area contributed by atoms with E-state index in [-0.39, 0.29) is 0 Å². The van der Waals surface area contributed by atoms with E-state index in [0.717, 1.165) is 31.5 Å². The highest BCUT2D eigenvalue weighted by Gasteiger charge is 2.34. The quantitative estimate of drug-likeness (QED) is 0.820. The lowest BCUT2D eigenvalue weighted by atomic mass is 9.82. The van der Waals surface area contributed by atoms with E-state index >= 15 is 0 Å². The zero-order valence-corrected chi connectivity index (χ0v) is 10.9. The summed E-state index contributed by atoms with van der Waals surface area (Å²) in [5.41, 5.74) is 0. The Morgan fingerprint density at radius 1 is 1.29 bits per heavy atom. The minimum absolute atomic E-state index is 0.361. The van der Waals surface area contributed by atoms with Crippen LogP contribution >= 0.6 is 0 Å². The second-order valence-electron chi connectivity index (χ2n) is 5.77. The fourth-order valence-corrected chi connectivity index (χ4v) is 3.72. The number of hydrogen-bond acceptors (Lipinski definition) is 2. The van der Waals surface area contributed by atoms with Gasteiger partial charge in [-0.1, -0.05) is 26.2 Å². The van der Waals surface area contributed by atoms with E-state index < -0.39 is 5.97 Å². The van der Waals surface area contributed by atoms with Crippen molar-refractivity contribution in [1.29, 1.82) is 0 Å². The summed E-state index contributed by atoms with van der Waals surface area (Å²) in [6, 6.07) is 0.743. The lowest BCUT2D eigenvalue weighted by Gasteiger charge is -2.37. The molecular formula is C14H25NO2. The zero-order chi connectivity index (χ0) is 12.3. The first-order valence-electron chi connectivity index (χ1n) is 7.16. The van der Waals surface area contributed by atoms with Crippen LogP contribution in [0.15, 0.2) is 0 Å². The predicted molar refractivity (Wildman–Crippen MR) is 68.0 cm³/mol. The fourth-order valence-electron chi connectivity index (χ4n) is 3.72. The van der Waals surface area contributed by atoms with Crippen molar-refractivity contribution >= 4 is 5.97 Å². The number of aliphatic carboxylic acids is 1. The van der Waals surface area contributed by atoms with Gasteiger partial charge in [-0.25, -0.2) is 0 Å². The van der Waals surface area contributed by atoms with Crippen LogP contribution in [0.5, 0.6) is 0 Å². The topological polar surface area (TPSA) is 40.5 Å². The molecule has 1 N–H and O–H groups in total. The van der Waals surface area contributed by atoms with Gasteiger partial charge in [0.15, 0.2) is 0 Å². The van der Waals surface area contributed by atoms with Gasteiger partial charge in [0.2, 0.25) is 0 Å². The van der Waals surface area contributed by atoms with Crippen molar-refractivity contribution in [3.8, 4) is 0 Å². The van der Waals surface area contributed by atoms with E-state index in [1.54, 1.807) is 0 Å². The van der Waals surface area contributed by atoms with E-state index in [1.807, 2.05) is 0 Å². The molecule has 1 aliphatic heterocycles. The summed E-state index contributed by atoms with van der Waals surface area (Å²) < 4.78 is 0. The van der Waals surface area contributed by atoms with Crippen molar-refractivity contribution in [1.82, 2.24) is 4.90 Å². The van der Waals surface area contributed by atoms with Crippen LogP contribution < -0.4 is 0 Å². The number of carboxylic acids is 1. The summed E-state index contributed by atoms with van der Waals surface area (Å²) in [5, 5.41) is 8.85. The van der Waals surface area contributed by atoms with Crippen LogP contribution in [0.25, 0.3) is 0 Å². The highest BCUT2D eigenvalue weighted by atomic mass is 16.4. The van der Waals surface area contributed by atoms with E-state index in [1.165, 1.54) is 32.1 Å². The first-order valence-corrected chi connectivity index (χ1v) is 7.16. The molecule has 0 amide bonds. The molecule has 1 heterocycles. The highest BCUT2D eigenvalue weighted by Crippen LogP contribution is 2.34. The Morgan fingerprint density at radius 3 is 2.76 bits per heavy atom. The highest BCUT2D eigenvalue weighted by molar-refractivity contribution is 5.67. The molecule has 3 unspecified atom stereocenters. The summed E-state index contributed by atoms with van der Waals surface area (Å²) in [5.74, 6) is 0.617. The molecule has 3 atom stereocenters. The standard InChI is InChI=1S/C14H25NO2/c1-2-12-5-3-4-6-13(12)15-8-7-11(10-15)9-14(16)17/h11-13H,2-10H2,1H3,(H,16,17). The van der Waals surface area contributed by atoms with Crippen molar-refractivity contribution in [2.75, 3.05) is 13.1 Å². The van der Waals surface area contributed by atoms with E-state index in [9.17, 15) is 4.79 Å². The van der Waals surface area contributed by atoms with Crippen LogP contribution in [0.3, 0.4) is 0 Å². The number of hydrogen-bond donors (Lipinski definition) is 1. The van der Waals surface area contributed by atoms with Crippen LogP contribution in [0.4, 0.5) is 0 Å². The average Bonchev–Trinajstić information content (AvgIpc) is 2.76. The van der Waals surface area contributed by atoms with Crippen molar-refractivity contribution in [3.63, 3.8) is 0 Å². The number of rotatable bonds is 4. The maximum Gasteiger partial charge on any atom is 0.303 e. The van der Waals surface area contributed by atoms with E-state index in [4.69, 9.17) is 5.11 Å². The van der Waals surface area contributed by atoms with Crippen LogP contribution in [0, 0.1) is 11.8 Å². The Kier molecular flexibility index (Phi) is 4.43. The monoisotopic (exact) mass is 239 g/mol. The van der Waals surface area contributed by atoms with Gasteiger partial charge in [-0.3, -0.25) is 9.69 Å². The third kappa shape index (κ3) is 3.21. The van der Waals surface area contributed by atoms with Gasteiger partial charge in [-0.2, -0.15) is 0 Å². The Bertz CT molecular complexity index is 267. The zero-order valence-electron chi connectivity index (χ0n) is 10.9. The van der Waals surface area contributed by atoms with Crippen LogP contribution in [0.1, 0.15) is 51.9 Å². The molecular weight excluding hydrogens is 214 g/mol. The second kappa shape index (κ2) is 5.85. The molecule has 0 spiro atoms. The Balaban J connectivity index is 1.87. The molecule has 1 saturated heterocycles. The number of carbonyl (C=O) groups is 1. The summed E-state index contributed by atoms with van der Waals surface area (Å²) in [6.45, 7) is 4.44. The minimum atomic E-state index is -0.632. The minimum Gasteiger partial charge on any atom is -0.481 e. The van der Waals surface area contributed by atoms with Gasteiger partial charge >= 0.3 is 5.97 Å². The number of likely N-dealkylation sites (tertiary alicyclic amines) is 1. The molecule has 0 bridgehead atoms. The summed E-state index contributed by atoms with van der Waals surface area (Å²) in [7, 11) is 0. The first kappa shape index (κ1) is 12.9. The molecule has 2 aliphatic rings. The maximum absolute atomic E-state index is 10.7. The van der Waals surface area contributed by atoms with Gasteiger partial charge in [0.05, 0.1) is 0 Å². The first-order chi connectivity index (χ1) is 8.20. The SMILES string of the molecule is CCC1CCCCC1N1CCC(CC(=O)O)C1. The van der Waals surface area contributed by atoms with Gasteiger partial charge in [0, 0.05) is 19.0 Å². The van der Waals surface area contributed by atoms with Crippen LogP contribution in [0.2, 0.25) is 0 Å². The lowest BCUT2D eigenvalue weighted by Crippen LogP contribution is -2.41. The average molecular weight is 239 g/mol. The summed E-state index contributed by atoms with van der Waals surface area (Å²) in [6.07, 6.45) is 8.19. The Labute approximate surface area is 104 Å². The van der Waals surface area contributed by atoms with Gasteiger partial charge in [0.1, 0.15) is 0 Å². The smallest absolute Gasteiger partial charge is 0.303 e. The third-order valence-electron chi connectivity index (χ3n) is 4.64. The van der Waals surface area contributed by atoms with Gasteiger partial charge in [-0.05, 0) is 37.6 Å². The van der Waals surface area contributed by atoms with Crippen molar-refractivity contribution in [2.45, 2.75) is 57.9 Å². The van der Waals surface area contributed by atoms with E-state index in [0.29, 0.717) is 12.3 Å². The van der Waals surface area contributed by atoms with Gasteiger partial charge in [-0.15, -0.1) is 0 Å². The molecule has 2 fully saturated rings. The maximum atomic E-state index is 10.7. The van der Waals surface area contributed by atoms with Gasteiger partial charge in [0.25, 0.3) is 0 Å². The van der Waals surface area contributed by atoms with Crippen molar-refractivity contribution in [2.24, 2.45) is 11.8 Å². The molecule has 2 rings (SSSR count). The van der Waals surface area contributed by atoms with E-state index in [2.05, 4.69) is 11.8 Å². The summed E-state index contributed by atoms with van der Waals surface area (Å²) >= 11 is 0. The second-order valence-corrected chi connectivity index (χ2v) is 5.77. The van der Waals surface area contributed by atoms with Crippen molar-refractivity contribution in [3.05, 3.63) is 0 Å². The third-order valence-corrected chi connectivity index (χ3v) is 4.64. The molecule has 1 saturated carbocycles. The molecule has 0 aromatic carbocycles. The molecule has 3 heteroatoms. The normalized spacial score (nSPS) is 35.0. The Morgan fingerprint density at radius 2 is 2.06 bits per heavy atom.